The minimum atomic E-state index is -4.74. The van der Waals surface area contributed by atoms with Gasteiger partial charge in [0.15, 0.2) is 5.82 Å². The van der Waals surface area contributed by atoms with Crippen LogP contribution in [0.1, 0.15) is 46.6 Å². The maximum Gasteiger partial charge on any atom is 0.417 e. The number of nitrogens with one attached hydrogen (secondary N) is 1. The van der Waals surface area contributed by atoms with Gasteiger partial charge in [-0.15, -0.1) is 0 Å². The third-order valence-electron chi connectivity index (χ3n) is 11.4. The number of anilines is 2. The number of carbonyl (C=O) groups is 4. The number of hydrogen-bond donors (Lipinski definition) is 2. The Morgan fingerprint density at radius 1 is 0.889 bits per heavy atom. The topological polar surface area (TPSA) is 120 Å². The Bertz CT molecular complexity index is 2280. The zero-order valence-corrected chi connectivity index (χ0v) is 30.2. The van der Waals surface area contributed by atoms with Crippen molar-refractivity contribution >= 4 is 58.3 Å². The first-order chi connectivity index (χ1) is 25.6. The van der Waals surface area contributed by atoms with Crippen molar-refractivity contribution in [2.75, 3.05) is 10.3 Å². The van der Waals surface area contributed by atoms with Gasteiger partial charge in [-0.1, -0.05) is 77.3 Å². The number of fused-ring (bicyclic) bond motifs is 4. The van der Waals surface area contributed by atoms with Crippen LogP contribution in [-0.2, 0) is 30.8 Å². The average Bonchev–Trinajstić information content (AvgIpc) is 3.52. The third kappa shape index (κ3) is 5.25. The highest BCUT2D eigenvalue weighted by Crippen LogP contribution is 2.64. The number of amides is 4. The second-order valence-corrected chi connectivity index (χ2v) is 15.1. The molecule has 14 heteroatoms. The molecule has 4 amide bonds. The van der Waals surface area contributed by atoms with E-state index in [1.54, 1.807) is 80.6 Å². The number of halogens is 5. The highest BCUT2D eigenvalue weighted by Gasteiger charge is 2.70. The summed E-state index contributed by atoms with van der Waals surface area (Å²) in [6, 6.07) is 19.3. The molecule has 1 aromatic heterocycles. The van der Waals surface area contributed by atoms with Gasteiger partial charge in [0.05, 0.1) is 39.4 Å². The maximum absolute atomic E-state index is 15.3. The Morgan fingerprint density at radius 2 is 1.56 bits per heavy atom. The molecule has 9 nitrogen and oxygen atoms in total. The molecule has 8 rings (SSSR count). The Morgan fingerprint density at radius 3 is 2.19 bits per heavy atom. The lowest BCUT2D eigenvalue weighted by Crippen LogP contribution is -2.53. The number of hydrogen-bond acceptors (Lipinski definition) is 7. The zero-order chi connectivity index (χ0) is 38.4. The molecule has 0 radical (unpaired) electrons. The number of aromatic nitrogens is 1. The van der Waals surface area contributed by atoms with Crippen molar-refractivity contribution in [3.05, 3.63) is 129 Å². The van der Waals surface area contributed by atoms with E-state index in [4.69, 9.17) is 23.2 Å². The molecule has 2 N–H and O–H groups in total. The van der Waals surface area contributed by atoms with Gasteiger partial charge in [0.25, 0.3) is 11.8 Å². The molecule has 276 valence electrons. The Balaban J connectivity index is 1.33. The van der Waals surface area contributed by atoms with E-state index in [2.05, 4.69) is 10.4 Å². The lowest BCUT2D eigenvalue weighted by atomic mass is 9.49. The number of aromatic hydroxyl groups is 1. The molecule has 0 bridgehead atoms. The number of imide groups is 2. The van der Waals surface area contributed by atoms with Crippen LogP contribution in [0, 0.1) is 37.5 Å². The normalized spacial score (nSPS) is 26.4. The Labute approximate surface area is 317 Å². The number of pyridine rings is 1. The fraction of sp³-hybridized carbons (Fsp3) is 0.275. The molecule has 4 aliphatic rings. The number of rotatable bonds is 5. The van der Waals surface area contributed by atoms with E-state index in [-0.39, 0.29) is 30.3 Å². The van der Waals surface area contributed by atoms with Crippen LogP contribution < -0.4 is 10.3 Å². The highest BCUT2D eigenvalue weighted by molar-refractivity contribution is 6.33. The van der Waals surface area contributed by atoms with Gasteiger partial charge in [-0.3, -0.25) is 29.5 Å². The van der Waals surface area contributed by atoms with E-state index in [1.807, 2.05) is 6.08 Å². The smallest absolute Gasteiger partial charge is 0.417 e. The van der Waals surface area contributed by atoms with Gasteiger partial charge < -0.3 is 5.11 Å². The van der Waals surface area contributed by atoms with Crippen LogP contribution in [0.4, 0.5) is 24.7 Å². The third-order valence-corrected chi connectivity index (χ3v) is 12.0. The van der Waals surface area contributed by atoms with Crippen molar-refractivity contribution in [3.8, 4) is 5.75 Å². The molecule has 3 fully saturated rings. The van der Waals surface area contributed by atoms with Crippen LogP contribution in [0.3, 0.4) is 0 Å². The first-order valence-electron chi connectivity index (χ1n) is 17.2. The minimum absolute atomic E-state index is 0.0131. The summed E-state index contributed by atoms with van der Waals surface area (Å²) >= 11 is 12.6. The van der Waals surface area contributed by atoms with Gasteiger partial charge in [-0.05, 0) is 85.2 Å². The van der Waals surface area contributed by atoms with Crippen LogP contribution >= 0.6 is 23.2 Å². The summed E-state index contributed by atoms with van der Waals surface area (Å²) in [6.45, 7) is 3.43. The number of benzene rings is 3. The molecule has 2 aliphatic carbocycles. The van der Waals surface area contributed by atoms with E-state index in [0.29, 0.717) is 50.8 Å². The first kappa shape index (κ1) is 35.8. The second kappa shape index (κ2) is 12.7. The first-order valence-corrected chi connectivity index (χ1v) is 18.0. The predicted octanol–water partition coefficient (Wildman–Crippen LogP) is 7.92. The summed E-state index contributed by atoms with van der Waals surface area (Å²) in [5, 5.41) is 11.5. The number of phenolic OH excluding ortho intramolecular Hbond substituents is 1. The van der Waals surface area contributed by atoms with Crippen LogP contribution in [0.2, 0.25) is 10.0 Å². The number of nitrogens with zero attached hydrogens (tertiary/aromatic N) is 3. The predicted molar refractivity (Wildman–Crippen MR) is 193 cm³/mol. The van der Waals surface area contributed by atoms with Gasteiger partial charge in [0.2, 0.25) is 11.8 Å². The maximum atomic E-state index is 15.3. The molecule has 3 heterocycles. The largest absolute Gasteiger partial charge is 0.507 e. The molecule has 6 atom stereocenters. The molecule has 0 spiro atoms. The summed E-state index contributed by atoms with van der Waals surface area (Å²) in [5.41, 5.74) is 2.99. The minimum Gasteiger partial charge on any atom is -0.507 e. The molecular formula is C40H31Cl2F3N4O5. The SMILES string of the molecule is Cc1cc(C2C3=CCC4C(=O)N(c5ccccc5)C(=O)C4C3CC3C(=O)N(Nc4ncc(C(F)(F)F)cc4Cl)C(=O)C32c2ccc(Cl)cc2)cc(C)c1O. The number of aryl methyl sites for hydroxylation is 2. The van der Waals surface area contributed by atoms with Gasteiger partial charge >= 0.3 is 6.18 Å². The lowest BCUT2D eigenvalue weighted by Gasteiger charge is -2.50. The van der Waals surface area contributed by atoms with Gasteiger partial charge in [-0.2, -0.15) is 18.2 Å². The van der Waals surface area contributed by atoms with Crippen LogP contribution in [-0.4, -0.2) is 38.7 Å². The summed E-state index contributed by atoms with van der Waals surface area (Å²) in [6.07, 6.45) is -2.10. The second-order valence-electron chi connectivity index (χ2n) is 14.3. The summed E-state index contributed by atoms with van der Waals surface area (Å²) < 4.78 is 40.4. The molecule has 4 aromatic rings. The molecule has 2 aliphatic heterocycles. The van der Waals surface area contributed by atoms with E-state index < -0.39 is 69.5 Å². The monoisotopic (exact) mass is 774 g/mol. The fourth-order valence-electron chi connectivity index (χ4n) is 9.15. The molecule has 54 heavy (non-hydrogen) atoms. The van der Waals surface area contributed by atoms with E-state index in [1.165, 1.54) is 4.90 Å². The number of phenols is 1. The van der Waals surface area contributed by atoms with Crippen molar-refractivity contribution in [3.63, 3.8) is 0 Å². The summed E-state index contributed by atoms with van der Waals surface area (Å²) in [5.74, 6) is -6.79. The number of hydrazine groups is 1. The van der Waals surface area contributed by atoms with Crippen molar-refractivity contribution in [2.24, 2.45) is 23.7 Å². The van der Waals surface area contributed by atoms with Gasteiger partial charge in [0.1, 0.15) is 5.75 Å². The quantitative estimate of drug-likeness (QED) is 0.156. The van der Waals surface area contributed by atoms with E-state index in [9.17, 15) is 32.7 Å². The number of para-hydroxylation sites is 1. The van der Waals surface area contributed by atoms with Crippen molar-refractivity contribution in [2.45, 2.75) is 44.2 Å². The standard InChI is InChI=1S/C40H31Cl2F3N4O5/c1-19-14-21(15-20(2)33(19)50)32-26-12-13-27-31(37(53)48(35(27)51)25-6-4-3-5-7-25)28(26)17-29-36(52)49(38(54)39(29,32)22-8-10-24(41)11-9-22)47-34-30(42)16-23(18-46-34)40(43,44)45/h3-12,14-16,18,27-29,31-32,50H,13,17H2,1-2H3,(H,46,47). The van der Waals surface area contributed by atoms with E-state index in [0.717, 1.165) is 5.01 Å². The highest BCUT2D eigenvalue weighted by atomic mass is 35.5. The molecule has 2 saturated heterocycles. The number of allylic oxidation sites excluding steroid dienone is 2. The molecule has 3 aromatic carbocycles. The molecule has 1 saturated carbocycles. The van der Waals surface area contributed by atoms with Gasteiger partial charge in [-0.25, -0.2) is 4.98 Å². The van der Waals surface area contributed by atoms with Crippen molar-refractivity contribution < 1.29 is 37.5 Å². The summed E-state index contributed by atoms with van der Waals surface area (Å²) in [7, 11) is 0. The molecule has 6 unspecified atom stereocenters. The fourth-order valence-corrected chi connectivity index (χ4v) is 9.48. The average molecular weight is 776 g/mol. The zero-order valence-electron chi connectivity index (χ0n) is 28.7. The number of carbonyl (C=O) groups excluding carboxylic acids is 4. The van der Waals surface area contributed by atoms with Gasteiger partial charge in [0, 0.05) is 17.1 Å². The Kier molecular flexibility index (Phi) is 8.42. The van der Waals surface area contributed by atoms with Crippen LogP contribution in [0.25, 0.3) is 0 Å². The van der Waals surface area contributed by atoms with Crippen molar-refractivity contribution in [1.29, 1.82) is 0 Å². The van der Waals surface area contributed by atoms with E-state index >= 15 is 4.79 Å². The number of alkyl halides is 3. The van der Waals surface area contributed by atoms with Crippen LogP contribution in [0.5, 0.6) is 5.75 Å². The van der Waals surface area contributed by atoms with Crippen LogP contribution in [0.15, 0.2) is 90.6 Å². The lowest BCUT2D eigenvalue weighted by molar-refractivity contribution is -0.139. The Hall–Kier alpha value is -5.20. The van der Waals surface area contributed by atoms with Crippen molar-refractivity contribution in [1.82, 2.24) is 9.99 Å². The molecular weight excluding hydrogens is 744 g/mol. The summed E-state index contributed by atoms with van der Waals surface area (Å²) in [4.78, 5) is 63.6.